The van der Waals surface area contributed by atoms with Crippen LogP contribution in [0.1, 0.15) is 26.3 Å². The van der Waals surface area contributed by atoms with Gasteiger partial charge in [-0.05, 0) is 17.7 Å². The summed E-state index contributed by atoms with van der Waals surface area (Å²) in [4.78, 5) is 38.0. The van der Waals surface area contributed by atoms with Crippen LogP contribution in [0, 0.1) is 16.7 Å². The van der Waals surface area contributed by atoms with E-state index in [-0.39, 0.29) is 12.3 Å². The first-order chi connectivity index (χ1) is 14.4. The molecule has 1 rings (SSSR count). The zero-order chi connectivity index (χ0) is 23.9. The lowest BCUT2D eigenvalue weighted by Gasteiger charge is -2.37. The van der Waals surface area contributed by atoms with Crippen molar-refractivity contribution in [3.8, 4) is 5.75 Å². The molecule has 2 unspecified atom stereocenters. The van der Waals surface area contributed by atoms with E-state index in [0.717, 1.165) is 19.1 Å². The van der Waals surface area contributed by atoms with E-state index in [1.54, 1.807) is 45.0 Å². The van der Waals surface area contributed by atoms with E-state index in [1.807, 2.05) is 0 Å². The Morgan fingerprint density at radius 1 is 1.00 bits per heavy atom. The Kier molecular flexibility index (Phi) is 9.77. The molecule has 0 radical (unpaired) electrons. The molecule has 0 aliphatic rings. The van der Waals surface area contributed by atoms with Crippen molar-refractivity contribution in [2.75, 3.05) is 21.3 Å². The molecule has 1 N–H and O–H groups in total. The number of ether oxygens (including phenoxy) is 3. The van der Waals surface area contributed by atoms with Gasteiger partial charge in [0.2, 0.25) is 0 Å². The summed E-state index contributed by atoms with van der Waals surface area (Å²) >= 11 is 11.7. The summed E-state index contributed by atoms with van der Waals surface area (Å²) in [5.41, 5.74) is -0.299. The van der Waals surface area contributed by atoms with Crippen LogP contribution in [0.25, 0.3) is 0 Å². The second-order valence-corrected chi connectivity index (χ2v) is 8.84. The highest BCUT2D eigenvalue weighted by Gasteiger charge is 2.47. The van der Waals surface area contributed by atoms with Gasteiger partial charge in [0, 0.05) is 17.7 Å². The first kappa shape index (κ1) is 26.7. The fraction of sp³-hybridized carbons (Fsp3) is 0.524. The predicted octanol–water partition coefficient (Wildman–Crippen LogP) is 3.22. The van der Waals surface area contributed by atoms with Crippen LogP contribution in [-0.2, 0) is 30.4 Å². The molecule has 8 nitrogen and oxygen atoms in total. The lowest BCUT2D eigenvalue weighted by Crippen LogP contribution is -2.56. The number of hydrogen-bond donors (Lipinski definition) is 1. The molecular formula is C21H28Cl2N2O6. The van der Waals surface area contributed by atoms with Crippen LogP contribution in [0.2, 0.25) is 0 Å². The van der Waals surface area contributed by atoms with Gasteiger partial charge in [-0.2, -0.15) is 0 Å². The van der Waals surface area contributed by atoms with E-state index < -0.39 is 40.1 Å². The van der Waals surface area contributed by atoms with Gasteiger partial charge in [-0.1, -0.05) is 56.1 Å². The summed E-state index contributed by atoms with van der Waals surface area (Å²) in [5.74, 6) is -3.40. The molecular weight excluding hydrogens is 447 g/mol. The van der Waals surface area contributed by atoms with E-state index in [0.29, 0.717) is 11.3 Å². The molecule has 2 atom stereocenters. The molecule has 172 valence electrons. The number of nitrogens with zero attached hydrogens (tertiary/aromatic N) is 1. The highest BCUT2D eigenvalue weighted by atomic mass is 35.5. The first-order valence-electron chi connectivity index (χ1n) is 9.35. The highest BCUT2D eigenvalue weighted by Crippen LogP contribution is 2.29. The van der Waals surface area contributed by atoms with Gasteiger partial charge in [-0.15, -0.1) is 0 Å². The molecule has 1 aromatic rings. The second-order valence-electron chi connectivity index (χ2n) is 7.75. The summed E-state index contributed by atoms with van der Waals surface area (Å²) in [7, 11) is 3.78. The van der Waals surface area contributed by atoms with Gasteiger partial charge in [0.25, 0.3) is 5.91 Å². The van der Waals surface area contributed by atoms with Crippen molar-refractivity contribution in [2.24, 2.45) is 11.3 Å². The monoisotopic (exact) mass is 474 g/mol. The van der Waals surface area contributed by atoms with Crippen LogP contribution >= 0.6 is 23.2 Å². The van der Waals surface area contributed by atoms with E-state index >= 15 is 0 Å². The Balaban J connectivity index is 3.60. The van der Waals surface area contributed by atoms with Crippen LogP contribution in [-0.4, -0.2) is 60.7 Å². The lowest BCUT2D eigenvalue weighted by atomic mass is 9.78. The zero-order valence-corrected chi connectivity index (χ0v) is 19.9. The number of halogens is 2. The smallest absolute Gasteiger partial charge is 0.329 e. The normalized spacial score (nSPS) is 13.2. The summed E-state index contributed by atoms with van der Waals surface area (Å²) in [6, 6.07) is 5.22. The van der Waals surface area contributed by atoms with E-state index in [2.05, 4.69) is 0 Å². The summed E-state index contributed by atoms with van der Waals surface area (Å²) in [6.45, 7) is 5.01. The molecule has 0 spiro atoms. The van der Waals surface area contributed by atoms with Crippen LogP contribution in [0.4, 0.5) is 0 Å². The SMILES string of the molecule is COC(=O)C(C(=N)C(C)(C)C)C(C(=O)OC)N(Cc1ccc(OC)cc1)C(=O)C(Cl)Cl. The molecule has 0 heterocycles. The van der Waals surface area contributed by atoms with Crippen molar-refractivity contribution >= 4 is 46.8 Å². The molecule has 1 amide bonds. The van der Waals surface area contributed by atoms with Crippen molar-refractivity contribution in [3.63, 3.8) is 0 Å². The maximum Gasteiger partial charge on any atom is 0.329 e. The summed E-state index contributed by atoms with van der Waals surface area (Å²) in [5, 5.41) is 8.58. The van der Waals surface area contributed by atoms with Crippen molar-refractivity contribution in [1.82, 2.24) is 4.90 Å². The van der Waals surface area contributed by atoms with E-state index in [1.165, 1.54) is 7.11 Å². The number of hydrogen-bond acceptors (Lipinski definition) is 7. The molecule has 10 heteroatoms. The molecule has 0 aliphatic carbocycles. The topological polar surface area (TPSA) is 106 Å². The number of rotatable bonds is 9. The van der Waals surface area contributed by atoms with Gasteiger partial charge in [-0.25, -0.2) is 4.79 Å². The quantitative estimate of drug-likeness (QED) is 0.334. The Bertz CT molecular complexity index is 805. The second kappa shape index (κ2) is 11.3. The molecule has 0 bridgehead atoms. The van der Waals surface area contributed by atoms with E-state index in [9.17, 15) is 14.4 Å². The third kappa shape index (κ3) is 6.83. The average Bonchev–Trinajstić information content (AvgIpc) is 2.73. The Morgan fingerprint density at radius 2 is 1.52 bits per heavy atom. The van der Waals surface area contributed by atoms with Gasteiger partial charge in [0.1, 0.15) is 17.7 Å². The molecule has 0 saturated heterocycles. The molecule has 0 aliphatic heterocycles. The van der Waals surface area contributed by atoms with Gasteiger partial charge in [0.05, 0.1) is 21.3 Å². The predicted molar refractivity (Wildman–Crippen MR) is 118 cm³/mol. The van der Waals surface area contributed by atoms with Crippen LogP contribution in [0.3, 0.4) is 0 Å². The van der Waals surface area contributed by atoms with Crippen molar-refractivity contribution in [1.29, 1.82) is 5.41 Å². The van der Waals surface area contributed by atoms with Crippen LogP contribution in [0.5, 0.6) is 5.75 Å². The van der Waals surface area contributed by atoms with Gasteiger partial charge < -0.3 is 24.5 Å². The van der Waals surface area contributed by atoms with Crippen molar-refractivity contribution in [3.05, 3.63) is 29.8 Å². The van der Waals surface area contributed by atoms with Gasteiger partial charge in [-0.3, -0.25) is 9.59 Å². The zero-order valence-electron chi connectivity index (χ0n) is 18.4. The highest BCUT2D eigenvalue weighted by molar-refractivity contribution is 6.53. The number of carbonyl (C=O) groups excluding carboxylic acids is 3. The number of amides is 1. The van der Waals surface area contributed by atoms with Crippen LogP contribution < -0.4 is 4.74 Å². The van der Waals surface area contributed by atoms with E-state index in [4.69, 9.17) is 42.8 Å². The Morgan fingerprint density at radius 3 is 1.90 bits per heavy atom. The van der Waals surface area contributed by atoms with Gasteiger partial charge >= 0.3 is 11.9 Å². The average molecular weight is 475 g/mol. The molecule has 1 aromatic carbocycles. The first-order valence-corrected chi connectivity index (χ1v) is 10.2. The molecule has 31 heavy (non-hydrogen) atoms. The fourth-order valence-corrected chi connectivity index (χ4v) is 3.18. The number of methoxy groups -OCH3 is 3. The third-order valence-corrected chi connectivity index (χ3v) is 5.02. The minimum absolute atomic E-state index is 0.108. The number of alkyl halides is 2. The molecule has 0 saturated carbocycles. The number of nitrogens with one attached hydrogen (secondary N) is 1. The minimum atomic E-state index is -1.52. The number of carbonyl (C=O) groups is 3. The Labute approximate surface area is 192 Å². The number of benzene rings is 1. The van der Waals surface area contributed by atoms with Crippen LogP contribution in [0.15, 0.2) is 24.3 Å². The Hall–Kier alpha value is -2.32. The maximum absolute atomic E-state index is 12.9. The fourth-order valence-electron chi connectivity index (χ4n) is 2.93. The summed E-state index contributed by atoms with van der Waals surface area (Å²) < 4.78 is 14.9. The van der Waals surface area contributed by atoms with Gasteiger partial charge in [0.15, 0.2) is 4.84 Å². The molecule has 0 aromatic heterocycles. The minimum Gasteiger partial charge on any atom is -0.497 e. The number of esters is 2. The summed E-state index contributed by atoms with van der Waals surface area (Å²) in [6.07, 6.45) is 0. The largest absolute Gasteiger partial charge is 0.497 e. The lowest BCUT2D eigenvalue weighted by molar-refractivity contribution is -0.160. The maximum atomic E-state index is 12.9. The third-order valence-electron chi connectivity index (χ3n) is 4.65. The molecule has 0 fully saturated rings. The standard InChI is InChI=1S/C21H28Cl2N2O6/c1-21(2,3)16(24)14(19(27)30-5)15(20(28)31-6)25(18(26)17(22)23)11-12-7-9-13(29-4)10-8-12/h7-10,14-15,17,24H,11H2,1-6H3. The van der Waals surface area contributed by atoms with Crippen molar-refractivity contribution < 1.29 is 28.6 Å². The van der Waals surface area contributed by atoms with Crippen molar-refractivity contribution in [2.45, 2.75) is 38.2 Å².